The highest BCUT2D eigenvalue weighted by molar-refractivity contribution is 9.10. The molecule has 2 aromatic carbocycles. The van der Waals surface area contributed by atoms with Gasteiger partial charge in [-0.15, -0.1) is 0 Å². The number of ether oxygens (including phenoxy) is 1. The first kappa shape index (κ1) is 15.5. The summed E-state index contributed by atoms with van der Waals surface area (Å²) in [5.41, 5.74) is 7.65. The van der Waals surface area contributed by atoms with Gasteiger partial charge >= 0.3 is 0 Å². The van der Waals surface area contributed by atoms with Crippen LogP contribution in [0.5, 0.6) is 11.5 Å². The van der Waals surface area contributed by atoms with E-state index in [4.69, 9.17) is 10.5 Å². The minimum absolute atomic E-state index is 0.00173. The van der Waals surface area contributed by atoms with Gasteiger partial charge in [-0.25, -0.2) is 0 Å². The summed E-state index contributed by atoms with van der Waals surface area (Å²) in [5.74, 6) is 1.06. The van der Waals surface area contributed by atoms with Crippen molar-refractivity contribution in [3.8, 4) is 11.5 Å². The zero-order chi connectivity index (χ0) is 15.6. The second kappa shape index (κ2) is 6.24. The van der Waals surface area contributed by atoms with Gasteiger partial charge in [-0.3, -0.25) is 10.1 Å². The third-order valence-corrected chi connectivity index (χ3v) is 3.76. The molecule has 21 heavy (non-hydrogen) atoms. The van der Waals surface area contributed by atoms with E-state index in [2.05, 4.69) is 15.9 Å². The Morgan fingerprint density at radius 3 is 2.57 bits per heavy atom. The fourth-order valence-electron chi connectivity index (χ4n) is 1.88. The van der Waals surface area contributed by atoms with Gasteiger partial charge in [0.2, 0.25) is 0 Å². The van der Waals surface area contributed by atoms with Crippen LogP contribution in [-0.4, -0.2) is 4.92 Å². The SMILES string of the molecule is Cc1ccc([N+](=O)[O-])cc1Oc1ccc([C@H](C)N)c(Br)c1. The highest BCUT2D eigenvalue weighted by atomic mass is 79.9. The molecule has 0 unspecified atom stereocenters. The van der Waals surface area contributed by atoms with Crippen molar-refractivity contribution in [1.82, 2.24) is 0 Å². The number of nitro benzene ring substituents is 1. The summed E-state index contributed by atoms with van der Waals surface area (Å²) in [4.78, 5) is 10.4. The Kier molecular flexibility index (Phi) is 4.59. The van der Waals surface area contributed by atoms with E-state index in [1.165, 1.54) is 12.1 Å². The lowest BCUT2D eigenvalue weighted by molar-refractivity contribution is -0.384. The summed E-state index contributed by atoms with van der Waals surface area (Å²) in [6, 6.07) is 9.92. The lowest BCUT2D eigenvalue weighted by atomic mass is 10.1. The van der Waals surface area contributed by atoms with Gasteiger partial charge in [0.25, 0.3) is 5.69 Å². The van der Waals surface area contributed by atoms with Crippen LogP contribution in [0.15, 0.2) is 40.9 Å². The van der Waals surface area contributed by atoms with Crippen LogP contribution >= 0.6 is 15.9 Å². The van der Waals surface area contributed by atoms with Crippen molar-refractivity contribution in [2.45, 2.75) is 19.9 Å². The Balaban J connectivity index is 2.32. The van der Waals surface area contributed by atoms with Gasteiger partial charge in [0.05, 0.1) is 11.0 Å². The molecule has 5 nitrogen and oxygen atoms in total. The van der Waals surface area contributed by atoms with Crippen molar-refractivity contribution >= 4 is 21.6 Å². The maximum atomic E-state index is 10.8. The standard InChI is InChI=1S/C15H15BrN2O3/c1-9-3-4-11(18(19)20)7-15(9)21-12-5-6-13(10(2)17)14(16)8-12/h3-8,10H,17H2,1-2H3/t10-/m0/s1. The van der Waals surface area contributed by atoms with Gasteiger partial charge in [0.1, 0.15) is 11.5 Å². The highest BCUT2D eigenvalue weighted by Crippen LogP contribution is 2.32. The summed E-state index contributed by atoms with van der Waals surface area (Å²) in [6.45, 7) is 3.73. The van der Waals surface area contributed by atoms with Crippen molar-refractivity contribution in [2.75, 3.05) is 0 Å². The highest BCUT2D eigenvalue weighted by Gasteiger charge is 2.12. The predicted octanol–water partition coefficient (Wildman–Crippen LogP) is 4.48. The van der Waals surface area contributed by atoms with E-state index in [0.29, 0.717) is 11.5 Å². The van der Waals surface area contributed by atoms with Crippen LogP contribution in [0.25, 0.3) is 0 Å². The average molecular weight is 351 g/mol. The molecule has 0 saturated heterocycles. The number of non-ortho nitro benzene ring substituents is 1. The maximum Gasteiger partial charge on any atom is 0.273 e. The Morgan fingerprint density at radius 2 is 2.00 bits per heavy atom. The van der Waals surface area contributed by atoms with E-state index >= 15 is 0 Å². The molecule has 2 N–H and O–H groups in total. The molecule has 0 fully saturated rings. The third-order valence-electron chi connectivity index (χ3n) is 3.07. The lowest BCUT2D eigenvalue weighted by Gasteiger charge is -2.12. The molecular formula is C15H15BrN2O3. The summed E-state index contributed by atoms with van der Waals surface area (Å²) in [5, 5.41) is 10.8. The van der Waals surface area contributed by atoms with Gasteiger partial charge in [-0.1, -0.05) is 22.0 Å². The van der Waals surface area contributed by atoms with Crippen LogP contribution < -0.4 is 10.5 Å². The van der Waals surface area contributed by atoms with Gasteiger partial charge in [0, 0.05) is 16.6 Å². The van der Waals surface area contributed by atoms with Crippen LogP contribution in [-0.2, 0) is 0 Å². The molecule has 0 radical (unpaired) electrons. The molecule has 1 atom stereocenters. The smallest absolute Gasteiger partial charge is 0.273 e. The number of hydrogen-bond acceptors (Lipinski definition) is 4. The van der Waals surface area contributed by atoms with Crippen LogP contribution in [0, 0.1) is 17.0 Å². The topological polar surface area (TPSA) is 78.4 Å². The zero-order valence-corrected chi connectivity index (χ0v) is 13.3. The monoisotopic (exact) mass is 350 g/mol. The van der Waals surface area contributed by atoms with Gasteiger partial charge in [-0.05, 0) is 43.2 Å². The molecule has 0 heterocycles. The molecular weight excluding hydrogens is 336 g/mol. The molecule has 110 valence electrons. The molecule has 0 aromatic heterocycles. The van der Waals surface area contributed by atoms with Crippen LogP contribution in [0.3, 0.4) is 0 Å². The zero-order valence-electron chi connectivity index (χ0n) is 11.7. The van der Waals surface area contributed by atoms with E-state index in [0.717, 1.165) is 15.6 Å². The Labute approximate surface area is 131 Å². The third kappa shape index (κ3) is 3.59. The fourth-order valence-corrected chi connectivity index (χ4v) is 2.60. The summed E-state index contributed by atoms with van der Waals surface area (Å²) < 4.78 is 6.59. The number of hydrogen-bond donors (Lipinski definition) is 1. The molecule has 2 rings (SSSR count). The first-order chi connectivity index (χ1) is 9.88. The van der Waals surface area contributed by atoms with Crippen LogP contribution in [0.2, 0.25) is 0 Å². The van der Waals surface area contributed by atoms with Gasteiger partial charge in [-0.2, -0.15) is 0 Å². The van der Waals surface area contributed by atoms with Crippen molar-refractivity contribution in [1.29, 1.82) is 0 Å². The minimum atomic E-state index is -0.443. The number of benzene rings is 2. The largest absolute Gasteiger partial charge is 0.457 e. The lowest BCUT2D eigenvalue weighted by Crippen LogP contribution is -2.05. The number of nitro groups is 1. The predicted molar refractivity (Wildman–Crippen MR) is 84.7 cm³/mol. The molecule has 0 amide bonds. The number of nitrogens with zero attached hydrogens (tertiary/aromatic N) is 1. The maximum absolute atomic E-state index is 10.8. The molecule has 0 aliphatic heterocycles. The number of nitrogens with two attached hydrogens (primary N) is 1. The van der Waals surface area contributed by atoms with Crippen molar-refractivity contribution in [3.63, 3.8) is 0 Å². The Morgan fingerprint density at radius 1 is 1.29 bits per heavy atom. The van der Waals surface area contributed by atoms with Crippen LogP contribution in [0.4, 0.5) is 5.69 Å². The summed E-state index contributed by atoms with van der Waals surface area (Å²) >= 11 is 3.45. The van der Waals surface area contributed by atoms with Crippen molar-refractivity contribution in [2.24, 2.45) is 5.73 Å². The molecule has 2 aromatic rings. The molecule has 0 spiro atoms. The Bertz CT molecular complexity index is 687. The second-order valence-electron chi connectivity index (χ2n) is 4.78. The van der Waals surface area contributed by atoms with E-state index < -0.39 is 4.92 Å². The van der Waals surface area contributed by atoms with Crippen molar-refractivity contribution < 1.29 is 9.66 Å². The molecule has 0 aliphatic carbocycles. The number of rotatable bonds is 4. The normalized spacial score (nSPS) is 12.0. The van der Waals surface area contributed by atoms with E-state index in [-0.39, 0.29) is 11.7 Å². The Hall–Kier alpha value is -1.92. The first-order valence-electron chi connectivity index (χ1n) is 6.36. The van der Waals surface area contributed by atoms with E-state index in [9.17, 15) is 10.1 Å². The number of halogens is 1. The van der Waals surface area contributed by atoms with Crippen molar-refractivity contribution in [3.05, 3.63) is 62.1 Å². The van der Waals surface area contributed by atoms with Gasteiger partial charge < -0.3 is 10.5 Å². The average Bonchev–Trinajstić information content (AvgIpc) is 2.40. The minimum Gasteiger partial charge on any atom is -0.457 e. The van der Waals surface area contributed by atoms with E-state index in [1.54, 1.807) is 18.2 Å². The number of aryl methyl sites for hydroxylation is 1. The summed E-state index contributed by atoms with van der Waals surface area (Å²) in [6.07, 6.45) is 0. The fraction of sp³-hybridized carbons (Fsp3) is 0.200. The quantitative estimate of drug-likeness (QED) is 0.651. The molecule has 0 saturated carbocycles. The molecule has 0 bridgehead atoms. The van der Waals surface area contributed by atoms with E-state index in [1.807, 2.05) is 19.9 Å². The molecule has 0 aliphatic rings. The van der Waals surface area contributed by atoms with Crippen LogP contribution in [0.1, 0.15) is 24.1 Å². The first-order valence-corrected chi connectivity index (χ1v) is 7.15. The molecule has 6 heteroatoms. The van der Waals surface area contributed by atoms with Gasteiger partial charge in [0.15, 0.2) is 0 Å². The second-order valence-corrected chi connectivity index (χ2v) is 5.64. The summed E-state index contributed by atoms with van der Waals surface area (Å²) in [7, 11) is 0.